The molecule has 0 radical (unpaired) electrons. The Morgan fingerprint density at radius 2 is 1.67 bits per heavy atom. The van der Waals surface area contributed by atoms with Crippen LogP contribution in [-0.2, 0) is 31.8 Å². The Morgan fingerprint density at radius 1 is 1.03 bits per heavy atom. The number of methoxy groups -OCH3 is 1. The maximum Gasteiger partial charge on any atom is 0.408 e. The molecule has 1 fully saturated rings. The third-order valence-corrected chi connectivity index (χ3v) is 7.43. The minimum Gasteiger partial charge on any atom is -0.497 e. The van der Waals surface area contributed by atoms with Gasteiger partial charge in [-0.25, -0.2) is 4.79 Å². The van der Waals surface area contributed by atoms with Crippen LogP contribution < -0.4 is 15.5 Å². The Labute approximate surface area is 232 Å². The molecule has 0 saturated heterocycles. The zero-order valence-corrected chi connectivity index (χ0v) is 23.9. The van der Waals surface area contributed by atoms with Crippen LogP contribution in [0.2, 0.25) is 0 Å². The molecular weight excluding hydrogens is 520 g/mol. The Morgan fingerprint density at radius 3 is 2.23 bits per heavy atom. The summed E-state index contributed by atoms with van der Waals surface area (Å²) in [7, 11) is -1.37. The minimum absolute atomic E-state index is 0.0472. The van der Waals surface area contributed by atoms with Crippen LogP contribution in [0.15, 0.2) is 54.6 Å². The molecule has 3 N–H and O–H groups in total. The van der Waals surface area contributed by atoms with E-state index in [9.17, 15) is 18.3 Å². The average molecular weight is 561 g/mol. The van der Waals surface area contributed by atoms with Crippen molar-refractivity contribution in [1.82, 2.24) is 10.8 Å². The van der Waals surface area contributed by atoms with Crippen LogP contribution in [0.1, 0.15) is 64.0 Å². The molecule has 39 heavy (non-hydrogen) atoms. The van der Waals surface area contributed by atoms with Crippen LogP contribution in [0.3, 0.4) is 0 Å². The van der Waals surface area contributed by atoms with Crippen LogP contribution in [0.5, 0.6) is 5.75 Å². The van der Waals surface area contributed by atoms with Crippen molar-refractivity contribution < 1.29 is 32.6 Å². The fourth-order valence-electron chi connectivity index (χ4n) is 4.82. The smallest absolute Gasteiger partial charge is 0.408 e. The van der Waals surface area contributed by atoms with Crippen LogP contribution in [0.4, 0.5) is 4.79 Å². The number of ether oxygens (including phenoxy) is 2. The molecule has 1 amide bonds. The van der Waals surface area contributed by atoms with Gasteiger partial charge in [0.1, 0.15) is 23.0 Å². The Balaban J connectivity index is 2.05. The highest BCUT2D eigenvalue weighted by Gasteiger charge is 2.46. The van der Waals surface area contributed by atoms with Crippen molar-refractivity contribution in [1.29, 1.82) is 0 Å². The highest BCUT2D eigenvalue weighted by atomic mass is 32.2. The first-order valence-electron chi connectivity index (χ1n) is 13.3. The molecule has 1 saturated carbocycles. The second kappa shape index (κ2) is 13.9. The van der Waals surface area contributed by atoms with Crippen molar-refractivity contribution >= 4 is 21.4 Å². The minimum atomic E-state index is -2.89. The van der Waals surface area contributed by atoms with Crippen LogP contribution in [-0.4, -0.2) is 50.0 Å². The number of nitrogens with one attached hydrogen (secondary N) is 2. The number of benzene rings is 2. The van der Waals surface area contributed by atoms with Gasteiger partial charge in [-0.1, -0.05) is 61.7 Å². The molecule has 1 aliphatic rings. The van der Waals surface area contributed by atoms with Gasteiger partial charge in [0.25, 0.3) is 0 Å². The summed E-state index contributed by atoms with van der Waals surface area (Å²) >= 11 is 0. The van der Waals surface area contributed by atoms with Gasteiger partial charge in [-0.2, -0.15) is 13.9 Å². The highest BCUT2D eigenvalue weighted by Crippen LogP contribution is 2.33. The van der Waals surface area contributed by atoms with Gasteiger partial charge in [0, 0.05) is 6.42 Å². The van der Waals surface area contributed by atoms with Gasteiger partial charge in [0.2, 0.25) is 10.3 Å². The molecule has 0 unspecified atom stereocenters. The van der Waals surface area contributed by atoms with E-state index in [-0.39, 0.29) is 6.42 Å². The summed E-state index contributed by atoms with van der Waals surface area (Å²) in [4.78, 5) is 18.3. The Bertz CT molecular complexity index is 1200. The second-order valence-corrected chi connectivity index (χ2v) is 11.8. The maximum absolute atomic E-state index is 13.2. The number of carbonyl (C=O) groups is 1. The van der Waals surface area contributed by atoms with E-state index in [4.69, 9.17) is 14.3 Å². The van der Waals surface area contributed by atoms with E-state index in [2.05, 4.69) is 10.8 Å². The predicted molar refractivity (Wildman–Crippen MR) is 150 cm³/mol. The first kappa shape index (κ1) is 30.6. The molecule has 0 aromatic heterocycles. The van der Waals surface area contributed by atoms with E-state index < -0.39 is 38.6 Å². The van der Waals surface area contributed by atoms with E-state index in [0.29, 0.717) is 23.8 Å². The molecular formula is C29H40N2O7S. The van der Waals surface area contributed by atoms with Crippen molar-refractivity contribution in [2.75, 3.05) is 13.7 Å². The van der Waals surface area contributed by atoms with E-state index in [1.165, 1.54) is 13.5 Å². The number of amides is 1. The number of alkyl carbamates (subject to hydrolysis) is 1. The summed E-state index contributed by atoms with van der Waals surface area (Å²) in [6.07, 6.45) is 2.89. The number of hydroxylamine groups is 1. The molecule has 0 heterocycles. The van der Waals surface area contributed by atoms with Gasteiger partial charge >= 0.3 is 6.09 Å². The first-order chi connectivity index (χ1) is 18.5. The lowest BCUT2D eigenvalue weighted by molar-refractivity contribution is 0.0208. The first-order valence-corrected chi connectivity index (χ1v) is 14.3. The Hall–Kier alpha value is -2.92. The number of aliphatic hydroxyl groups excluding tert-OH is 1. The zero-order chi connectivity index (χ0) is 28.5. The lowest BCUT2D eigenvalue weighted by atomic mass is 9.79. The molecule has 10 heteroatoms. The lowest BCUT2D eigenvalue weighted by Crippen LogP contribution is -2.61. The van der Waals surface area contributed by atoms with Gasteiger partial charge < -0.3 is 19.9 Å². The van der Waals surface area contributed by atoms with Gasteiger partial charge in [-0.3, -0.25) is 4.84 Å². The van der Waals surface area contributed by atoms with E-state index in [0.717, 1.165) is 31.2 Å². The van der Waals surface area contributed by atoms with Crippen molar-refractivity contribution in [3.8, 4) is 5.75 Å². The summed E-state index contributed by atoms with van der Waals surface area (Å²) in [6.45, 7) is 5.47. The van der Waals surface area contributed by atoms with Gasteiger partial charge in [-0.15, -0.1) is 0 Å². The van der Waals surface area contributed by atoms with E-state index in [1.807, 2.05) is 30.3 Å². The maximum atomic E-state index is 13.2. The fourth-order valence-corrected chi connectivity index (χ4v) is 5.33. The molecule has 0 spiro atoms. The summed E-state index contributed by atoms with van der Waals surface area (Å²) in [6, 6.07) is 15.9. The molecule has 9 nitrogen and oxygen atoms in total. The van der Waals surface area contributed by atoms with Gasteiger partial charge in [-0.05, 0) is 62.8 Å². The zero-order valence-electron chi connectivity index (χ0n) is 23.1. The monoisotopic (exact) mass is 560 g/mol. The second-order valence-electron chi connectivity index (χ2n) is 10.9. The standard InChI is InChI=1S/C29H40N2O7S/c1-28(2,3)38-27(33)30-29(19-21-11-7-5-8-12-21,23-15-17-24(36-4)18-16-23)25(32)26(39(34)35)31-37-20-22-13-9-6-10-14-22/h5,7-8,11-12,15-18,22,25,31-32H,6,9-10,13-14,19-20H2,1-4H3,(H,30,33)/t25-,29-/m0/s1. The quantitative estimate of drug-likeness (QED) is 0.293. The van der Waals surface area contributed by atoms with Crippen molar-refractivity contribution in [3.63, 3.8) is 0 Å². The molecule has 214 valence electrons. The summed E-state index contributed by atoms with van der Waals surface area (Å²) in [5.74, 6) is 0.866. The molecule has 2 aromatic rings. The largest absolute Gasteiger partial charge is 0.497 e. The van der Waals surface area contributed by atoms with Crippen molar-refractivity contribution in [2.24, 2.45) is 5.92 Å². The van der Waals surface area contributed by atoms with Crippen LogP contribution >= 0.6 is 0 Å². The van der Waals surface area contributed by atoms with Crippen LogP contribution in [0.25, 0.3) is 0 Å². The SMILES string of the molecule is COc1ccc([C@](Cc2ccccc2)(NC(=O)OC(C)(C)C)[C@@H](O)C(NOCC2CCCCC2)=S(=O)=O)cc1. The molecule has 0 aliphatic heterocycles. The van der Waals surface area contributed by atoms with E-state index >= 15 is 0 Å². The third kappa shape index (κ3) is 8.79. The number of aliphatic hydroxyl groups is 1. The normalized spacial score (nSPS) is 16.5. The lowest BCUT2D eigenvalue weighted by Gasteiger charge is -2.40. The summed E-state index contributed by atoms with van der Waals surface area (Å²) in [5.41, 5.74) is 1.22. The Kier molecular flexibility index (Phi) is 10.9. The number of carbonyl (C=O) groups excluding carboxylic acids is 1. The van der Waals surface area contributed by atoms with Crippen molar-refractivity contribution in [3.05, 3.63) is 65.7 Å². The van der Waals surface area contributed by atoms with E-state index in [1.54, 1.807) is 45.0 Å². The third-order valence-electron chi connectivity index (χ3n) is 6.77. The van der Waals surface area contributed by atoms with Gasteiger partial charge in [0.15, 0.2) is 4.99 Å². The molecule has 2 atom stereocenters. The average Bonchev–Trinajstić information content (AvgIpc) is 2.90. The summed E-state index contributed by atoms with van der Waals surface area (Å²) < 4.78 is 35.8. The number of rotatable bonds is 10. The highest BCUT2D eigenvalue weighted by molar-refractivity contribution is 7.73. The number of hydrogen-bond donors (Lipinski definition) is 3. The molecule has 2 aromatic carbocycles. The van der Waals surface area contributed by atoms with Crippen molar-refractivity contribution in [2.45, 2.75) is 76.5 Å². The molecule has 1 aliphatic carbocycles. The molecule has 0 bridgehead atoms. The van der Waals surface area contributed by atoms with Gasteiger partial charge in [0.05, 0.1) is 13.7 Å². The summed E-state index contributed by atoms with van der Waals surface area (Å²) in [5, 5.41) is 14.7. The number of hydrogen-bond acceptors (Lipinski definition) is 7. The predicted octanol–water partition coefficient (Wildman–Crippen LogP) is 4.13. The van der Waals surface area contributed by atoms with Crippen LogP contribution in [0, 0.1) is 5.92 Å². The molecule has 3 rings (SSSR count). The fraction of sp³-hybridized carbons (Fsp3) is 0.517. The topological polar surface area (TPSA) is 123 Å².